The molecule has 0 radical (unpaired) electrons. The molecule has 0 saturated carbocycles. The van der Waals surface area contributed by atoms with Gasteiger partial charge in [-0.2, -0.15) is 5.26 Å². The fourth-order valence-electron chi connectivity index (χ4n) is 3.76. The van der Waals surface area contributed by atoms with E-state index in [1.54, 1.807) is 0 Å². The molecular weight excluding hydrogens is 378 g/mol. The zero-order valence-corrected chi connectivity index (χ0v) is 18.6. The number of benzene rings is 3. The summed E-state index contributed by atoms with van der Waals surface area (Å²) in [5.41, 5.74) is 5.33. The maximum Gasteiger partial charge on any atom is 0.119 e. The van der Waals surface area contributed by atoms with E-state index in [2.05, 4.69) is 61.5 Å². The number of nitriles is 1. The number of nitrogens with zero attached hydrogens (tertiary/aromatic N) is 1. The molecule has 0 aliphatic rings. The van der Waals surface area contributed by atoms with E-state index < -0.39 is 0 Å². The lowest BCUT2D eigenvalue weighted by Gasteiger charge is -2.08. The summed E-state index contributed by atoms with van der Waals surface area (Å²) >= 11 is 0. The van der Waals surface area contributed by atoms with Gasteiger partial charge < -0.3 is 4.74 Å². The van der Waals surface area contributed by atoms with Crippen LogP contribution in [0.2, 0.25) is 0 Å². The first-order valence-corrected chi connectivity index (χ1v) is 11.6. The number of rotatable bonds is 12. The Hall–Kier alpha value is -3.05. The van der Waals surface area contributed by atoms with Gasteiger partial charge in [0.05, 0.1) is 18.2 Å². The second-order valence-electron chi connectivity index (χ2n) is 8.11. The van der Waals surface area contributed by atoms with Gasteiger partial charge in [-0.25, -0.2) is 0 Å². The Morgan fingerprint density at radius 1 is 0.581 bits per heavy atom. The van der Waals surface area contributed by atoms with Crippen LogP contribution in [0.4, 0.5) is 0 Å². The van der Waals surface area contributed by atoms with E-state index in [-0.39, 0.29) is 0 Å². The number of hydrogen-bond acceptors (Lipinski definition) is 2. The van der Waals surface area contributed by atoms with Crippen LogP contribution in [0.25, 0.3) is 22.3 Å². The van der Waals surface area contributed by atoms with Crippen molar-refractivity contribution in [2.24, 2.45) is 0 Å². The molecule has 3 aromatic rings. The minimum absolute atomic E-state index is 0.685. The highest BCUT2D eigenvalue weighted by molar-refractivity contribution is 5.71. The topological polar surface area (TPSA) is 33.0 Å². The van der Waals surface area contributed by atoms with Gasteiger partial charge in [0.1, 0.15) is 5.75 Å². The van der Waals surface area contributed by atoms with Crippen LogP contribution in [0, 0.1) is 11.3 Å². The fraction of sp³-hybridized carbons (Fsp3) is 0.345. The third-order valence-corrected chi connectivity index (χ3v) is 5.69. The molecule has 160 valence electrons. The first kappa shape index (κ1) is 22.6. The van der Waals surface area contributed by atoms with Crippen molar-refractivity contribution in [2.45, 2.75) is 58.3 Å². The van der Waals surface area contributed by atoms with Crippen LogP contribution in [0.3, 0.4) is 0 Å². The molecule has 2 nitrogen and oxygen atoms in total. The standard InChI is InChI=1S/C29H33NO/c1-2-3-4-5-6-7-8-9-22-31-29-20-18-28(19-21-29)27-16-14-26(15-17-27)25-12-10-24(23-30)11-13-25/h10-21H,2-9,22H2,1H3. The monoisotopic (exact) mass is 411 g/mol. The Kier molecular flexibility index (Phi) is 9.20. The Bertz CT molecular complexity index is 934. The number of ether oxygens (including phenoxy) is 1. The molecule has 0 N–H and O–H groups in total. The lowest BCUT2D eigenvalue weighted by molar-refractivity contribution is 0.304. The van der Waals surface area contributed by atoms with Crippen LogP contribution in [0.1, 0.15) is 63.9 Å². The molecule has 0 spiro atoms. The van der Waals surface area contributed by atoms with Crippen molar-refractivity contribution < 1.29 is 4.74 Å². The molecule has 0 heterocycles. The smallest absolute Gasteiger partial charge is 0.119 e. The second-order valence-corrected chi connectivity index (χ2v) is 8.11. The van der Waals surface area contributed by atoms with Crippen LogP contribution in [-0.2, 0) is 0 Å². The summed E-state index contributed by atoms with van der Waals surface area (Å²) in [6.45, 7) is 3.06. The third-order valence-electron chi connectivity index (χ3n) is 5.69. The molecule has 0 unspecified atom stereocenters. The predicted octanol–water partition coefficient (Wildman–Crippen LogP) is 8.41. The quantitative estimate of drug-likeness (QED) is 0.280. The molecule has 0 bridgehead atoms. The largest absolute Gasteiger partial charge is 0.494 e. The van der Waals surface area contributed by atoms with Crippen LogP contribution >= 0.6 is 0 Å². The SMILES string of the molecule is CCCCCCCCCCOc1ccc(-c2ccc(-c3ccc(C#N)cc3)cc2)cc1. The third kappa shape index (κ3) is 7.30. The van der Waals surface area contributed by atoms with E-state index in [9.17, 15) is 0 Å². The predicted molar refractivity (Wildman–Crippen MR) is 130 cm³/mol. The highest BCUT2D eigenvalue weighted by Crippen LogP contribution is 2.26. The van der Waals surface area contributed by atoms with Crippen molar-refractivity contribution in [3.63, 3.8) is 0 Å². The van der Waals surface area contributed by atoms with E-state index in [1.807, 2.05) is 24.3 Å². The molecule has 0 saturated heterocycles. The van der Waals surface area contributed by atoms with Gasteiger partial charge in [-0.1, -0.05) is 100 Å². The summed E-state index contributed by atoms with van der Waals surface area (Å²) in [5, 5.41) is 8.94. The Balaban J connectivity index is 1.44. The Labute approximate surface area is 187 Å². The first-order chi connectivity index (χ1) is 15.3. The van der Waals surface area contributed by atoms with Crippen molar-refractivity contribution in [3.05, 3.63) is 78.4 Å². The molecule has 3 rings (SSSR count). The summed E-state index contributed by atoms with van der Waals surface area (Å²) in [7, 11) is 0. The molecule has 0 aromatic heterocycles. The van der Waals surface area contributed by atoms with Crippen molar-refractivity contribution in [1.82, 2.24) is 0 Å². The van der Waals surface area contributed by atoms with Crippen molar-refractivity contribution in [2.75, 3.05) is 6.61 Å². The molecular formula is C29H33NO. The minimum atomic E-state index is 0.685. The molecule has 0 aliphatic heterocycles. The van der Waals surface area contributed by atoms with Crippen LogP contribution in [-0.4, -0.2) is 6.61 Å². The number of unbranched alkanes of at least 4 members (excludes halogenated alkanes) is 7. The van der Waals surface area contributed by atoms with E-state index in [4.69, 9.17) is 10.00 Å². The summed E-state index contributed by atoms with van der Waals surface area (Å²) in [5.74, 6) is 0.945. The Morgan fingerprint density at radius 2 is 1.00 bits per heavy atom. The fourth-order valence-corrected chi connectivity index (χ4v) is 3.76. The average molecular weight is 412 g/mol. The average Bonchev–Trinajstić information content (AvgIpc) is 2.83. The summed E-state index contributed by atoms with van der Waals surface area (Å²) in [4.78, 5) is 0. The lowest BCUT2D eigenvalue weighted by Crippen LogP contribution is -1.97. The van der Waals surface area contributed by atoms with Gasteiger partial charge in [-0.15, -0.1) is 0 Å². The number of hydrogen-bond donors (Lipinski definition) is 0. The van der Waals surface area contributed by atoms with E-state index in [1.165, 1.54) is 56.1 Å². The highest BCUT2D eigenvalue weighted by Gasteiger charge is 2.02. The van der Waals surface area contributed by atoms with Crippen LogP contribution < -0.4 is 4.74 Å². The normalized spacial score (nSPS) is 10.6. The van der Waals surface area contributed by atoms with Gasteiger partial charge in [0.2, 0.25) is 0 Å². The van der Waals surface area contributed by atoms with Gasteiger partial charge in [0.15, 0.2) is 0 Å². The Morgan fingerprint density at radius 3 is 1.48 bits per heavy atom. The zero-order chi connectivity index (χ0) is 21.7. The van der Waals surface area contributed by atoms with Gasteiger partial charge in [0, 0.05) is 0 Å². The first-order valence-electron chi connectivity index (χ1n) is 11.6. The second kappa shape index (κ2) is 12.6. The summed E-state index contributed by atoms with van der Waals surface area (Å²) in [6, 6.07) is 26.8. The van der Waals surface area contributed by atoms with Gasteiger partial charge in [-0.05, 0) is 52.9 Å². The van der Waals surface area contributed by atoms with E-state index >= 15 is 0 Å². The molecule has 3 aromatic carbocycles. The van der Waals surface area contributed by atoms with Crippen LogP contribution in [0.5, 0.6) is 5.75 Å². The van der Waals surface area contributed by atoms with E-state index in [0.29, 0.717) is 5.56 Å². The molecule has 2 heteroatoms. The zero-order valence-electron chi connectivity index (χ0n) is 18.6. The van der Waals surface area contributed by atoms with Gasteiger partial charge >= 0.3 is 0 Å². The minimum Gasteiger partial charge on any atom is -0.494 e. The van der Waals surface area contributed by atoms with Crippen molar-refractivity contribution >= 4 is 0 Å². The van der Waals surface area contributed by atoms with Crippen molar-refractivity contribution in [1.29, 1.82) is 5.26 Å². The highest BCUT2D eigenvalue weighted by atomic mass is 16.5. The maximum atomic E-state index is 8.94. The molecule has 31 heavy (non-hydrogen) atoms. The molecule has 0 amide bonds. The van der Waals surface area contributed by atoms with Gasteiger partial charge in [0.25, 0.3) is 0 Å². The van der Waals surface area contributed by atoms with Gasteiger partial charge in [-0.3, -0.25) is 0 Å². The summed E-state index contributed by atoms with van der Waals surface area (Å²) in [6.07, 6.45) is 10.5. The lowest BCUT2D eigenvalue weighted by atomic mass is 10.00. The maximum absolute atomic E-state index is 8.94. The molecule has 0 fully saturated rings. The van der Waals surface area contributed by atoms with E-state index in [0.717, 1.165) is 29.9 Å². The molecule has 0 atom stereocenters. The molecule has 0 aliphatic carbocycles. The van der Waals surface area contributed by atoms with Crippen LogP contribution in [0.15, 0.2) is 72.8 Å². The summed E-state index contributed by atoms with van der Waals surface area (Å²) < 4.78 is 5.91. The van der Waals surface area contributed by atoms with Crippen molar-refractivity contribution in [3.8, 4) is 34.1 Å².